The number of Topliss-reactive ketones (excluding diaryl/α,β-unsaturated/α-hetero) is 1. The molecule has 1 fully saturated rings. The van der Waals surface area contributed by atoms with E-state index in [4.69, 9.17) is 5.26 Å². The Morgan fingerprint density at radius 3 is 2.50 bits per heavy atom. The minimum absolute atomic E-state index is 0.0536. The molecule has 0 aliphatic heterocycles. The van der Waals surface area contributed by atoms with Gasteiger partial charge in [0.15, 0.2) is 0 Å². The van der Waals surface area contributed by atoms with Crippen molar-refractivity contribution in [2.45, 2.75) is 50.0 Å². The lowest BCUT2D eigenvalue weighted by molar-refractivity contribution is -0.134. The second-order valence-electron chi connectivity index (χ2n) is 4.52. The van der Waals surface area contributed by atoms with Crippen LogP contribution in [0.25, 0.3) is 0 Å². The van der Waals surface area contributed by atoms with Gasteiger partial charge in [0.05, 0.1) is 11.3 Å². The van der Waals surface area contributed by atoms with Crippen LogP contribution in [0.5, 0.6) is 0 Å². The second-order valence-corrected chi connectivity index (χ2v) is 5.76. The number of rotatable bonds is 5. The Hall–Kier alpha value is -0.700. The number of nitrogens with zero attached hydrogens (tertiary/aromatic N) is 1. The molecule has 0 spiro atoms. The Kier molecular flexibility index (Phi) is 6.00. The van der Waals surface area contributed by atoms with E-state index in [0.29, 0.717) is 31.4 Å². The number of ketones is 1. The normalized spacial score (nSPS) is 19.6. The molecule has 0 bridgehead atoms. The summed E-state index contributed by atoms with van der Waals surface area (Å²) in [6.45, 7) is 0. The average Bonchev–Trinajstić information content (AvgIpc) is 2.29. The van der Waals surface area contributed by atoms with Gasteiger partial charge in [0.2, 0.25) is 0 Å². The zero-order chi connectivity index (χ0) is 13.6. The van der Waals surface area contributed by atoms with Crippen LogP contribution in [0.2, 0.25) is 0 Å². The van der Waals surface area contributed by atoms with E-state index in [9.17, 15) is 18.0 Å². The first kappa shape index (κ1) is 15.4. The smallest absolute Gasteiger partial charge is 0.300 e. The summed E-state index contributed by atoms with van der Waals surface area (Å²) in [5.74, 6) is 0.732. The van der Waals surface area contributed by atoms with E-state index in [1.165, 1.54) is 11.8 Å². The molecule has 0 aromatic heterocycles. The van der Waals surface area contributed by atoms with Gasteiger partial charge in [0, 0.05) is 19.3 Å². The maximum absolute atomic E-state index is 11.9. The first-order chi connectivity index (χ1) is 8.42. The lowest BCUT2D eigenvalue weighted by atomic mass is 9.86. The van der Waals surface area contributed by atoms with Gasteiger partial charge < -0.3 is 0 Å². The highest BCUT2D eigenvalue weighted by Gasteiger charge is 2.28. The maximum Gasteiger partial charge on any atom is 0.389 e. The van der Waals surface area contributed by atoms with E-state index in [2.05, 4.69) is 6.07 Å². The predicted molar refractivity (Wildman–Crippen MR) is 64.1 cm³/mol. The van der Waals surface area contributed by atoms with E-state index in [1.807, 2.05) is 0 Å². The van der Waals surface area contributed by atoms with Crippen molar-refractivity contribution in [3.05, 3.63) is 0 Å². The monoisotopic (exact) mass is 279 g/mol. The molecule has 1 unspecified atom stereocenters. The molecule has 1 aliphatic rings. The molecule has 0 aromatic carbocycles. The number of alkyl halides is 3. The highest BCUT2D eigenvalue weighted by Crippen LogP contribution is 2.32. The van der Waals surface area contributed by atoms with Gasteiger partial charge in [-0.1, -0.05) is 0 Å². The van der Waals surface area contributed by atoms with Gasteiger partial charge in [-0.05, 0) is 30.9 Å². The molecule has 6 heteroatoms. The summed E-state index contributed by atoms with van der Waals surface area (Å²) in [5.41, 5.74) is 0. The number of hydrogen-bond donors (Lipinski definition) is 0. The fourth-order valence-corrected chi connectivity index (χ4v) is 3.21. The fourth-order valence-electron chi connectivity index (χ4n) is 2.03. The average molecular weight is 279 g/mol. The molecule has 18 heavy (non-hydrogen) atoms. The van der Waals surface area contributed by atoms with Gasteiger partial charge in [-0.25, -0.2) is 0 Å². The summed E-state index contributed by atoms with van der Waals surface area (Å²) in [6, 6.07) is 2.15. The van der Waals surface area contributed by atoms with Crippen molar-refractivity contribution >= 4 is 17.5 Å². The first-order valence-electron chi connectivity index (χ1n) is 6.02. The molecule has 1 rings (SSSR count). The Morgan fingerprint density at radius 2 is 2.00 bits per heavy atom. The summed E-state index contributed by atoms with van der Waals surface area (Å²) in [4.78, 5) is 11.1. The number of thioether (sulfide) groups is 1. The van der Waals surface area contributed by atoms with Gasteiger partial charge in [0.25, 0.3) is 0 Å². The first-order valence-corrected chi connectivity index (χ1v) is 7.07. The van der Waals surface area contributed by atoms with E-state index < -0.39 is 12.6 Å². The lowest BCUT2D eigenvalue weighted by Gasteiger charge is -2.24. The van der Waals surface area contributed by atoms with Crippen molar-refractivity contribution < 1.29 is 18.0 Å². The molecule has 102 valence electrons. The van der Waals surface area contributed by atoms with Crippen LogP contribution in [0.3, 0.4) is 0 Å². The van der Waals surface area contributed by atoms with Gasteiger partial charge in [-0.2, -0.15) is 18.4 Å². The third-order valence-electron chi connectivity index (χ3n) is 3.05. The highest BCUT2D eigenvalue weighted by molar-refractivity contribution is 8.00. The molecular formula is C12H16F3NOS. The molecule has 0 N–H and O–H groups in total. The molecule has 1 saturated carbocycles. The Balaban J connectivity index is 2.26. The molecule has 0 amide bonds. The number of nitriles is 1. The van der Waals surface area contributed by atoms with Crippen molar-refractivity contribution in [2.75, 3.05) is 5.75 Å². The Labute approximate surface area is 109 Å². The molecule has 1 atom stereocenters. The lowest BCUT2D eigenvalue weighted by Crippen LogP contribution is -2.23. The quantitative estimate of drug-likeness (QED) is 0.720. The van der Waals surface area contributed by atoms with Gasteiger partial charge >= 0.3 is 6.18 Å². The standard InChI is InChI=1S/C12H16F3NOS/c13-12(14,15)6-1-7-18-11(8-16)9-2-4-10(17)5-3-9/h9,11H,1-7H2. The van der Waals surface area contributed by atoms with Crippen molar-refractivity contribution in [3.63, 3.8) is 0 Å². The molecule has 0 aromatic rings. The van der Waals surface area contributed by atoms with Gasteiger partial charge in [-0.3, -0.25) is 4.79 Å². The third-order valence-corrected chi connectivity index (χ3v) is 4.42. The Morgan fingerprint density at radius 1 is 1.39 bits per heavy atom. The van der Waals surface area contributed by atoms with Crippen LogP contribution < -0.4 is 0 Å². The van der Waals surface area contributed by atoms with Crippen molar-refractivity contribution in [1.29, 1.82) is 5.26 Å². The van der Waals surface area contributed by atoms with Crippen LogP contribution in [-0.4, -0.2) is 23.0 Å². The molecule has 0 radical (unpaired) electrons. The minimum atomic E-state index is -4.11. The summed E-state index contributed by atoms with van der Waals surface area (Å²) in [5, 5.41) is 8.75. The molecule has 0 heterocycles. The Bertz CT molecular complexity index is 314. The highest BCUT2D eigenvalue weighted by atomic mass is 32.2. The fraction of sp³-hybridized carbons (Fsp3) is 0.833. The van der Waals surface area contributed by atoms with Crippen LogP contribution in [0, 0.1) is 17.2 Å². The van der Waals surface area contributed by atoms with Crippen LogP contribution in [0.1, 0.15) is 38.5 Å². The van der Waals surface area contributed by atoms with Crippen LogP contribution in [0.15, 0.2) is 0 Å². The van der Waals surface area contributed by atoms with Gasteiger partial charge in [-0.15, -0.1) is 11.8 Å². The summed E-state index contributed by atoms with van der Waals surface area (Å²) < 4.78 is 35.8. The largest absolute Gasteiger partial charge is 0.389 e. The van der Waals surface area contributed by atoms with Gasteiger partial charge in [0.1, 0.15) is 5.78 Å². The molecule has 0 saturated heterocycles. The zero-order valence-electron chi connectivity index (χ0n) is 10.0. The van der Waals surface area contributed by atoms with E-state index in [0.717, 1.165) is 0 Å². The number of carbonyl (C=O) groups excluding carboxylic acids is 1. The summed E-state index contributed by atoms with van der Waals surface area (Å²) >= 11 is 1.30. The van der Waals surface area contributed by atoms with E-state index in [-0.39, 0.29) is 23.4 Å². The van der Waals surface area contributed by atoms with E-state index in [1.54, 1.807) is 0 Å². The van der Waals surface area contributed by atoms with Crippen LogP contribution in [-0.2, 0) is 4.79 Å². The number of halogens is 3. The van der Waals surface area contributed by atoms with Crippen molar-refractivity contribution in [2.24, 2.45) is 5.92 Å². The number of hydrogen-bond acceptors (Lipinski definition) is 3. The molecule has 2 nitrogen and oxygen atoms in total. The maximum atomic E-state index is 11.9. The minimum Gasteiger partial charge on any atom is -0.300 e. The summed E-state index contributed by atoms with van der Waals surface area (Å²) in [6.07, 6.45) is -2.44. The molecular weight excluding hydrogens is 263 g/mol. The molecule has 1 aliphatic carbocycles. The van der Waals surface area contributed by atoms with Crippen LogP contribution >= 0.6 is 11.8 Å². The topological polar surface area (TPSA) is 40.9 Å². The third kappa shape index (κ3) is 5.76. The van der Waals surface area contributed by atoms with Crippen LogP contribution in [0.4, 0.5) is 13.2 Å². The summed E-state index contributed by atoms with van der Waals surface area (Å²) in [7, 11) is 0. The van der Waals surface area contributed by atoms with Crippen molar-refractivity contribution in [3.8, 4) is 6.07 Å². The SMILES string of the molecule is N#CC(SCCCC(F)(F)F)C1CCC(=O)CC1. The second kappa shape index (κ2) is 7.03. The van der Waals surface area contributed by atoms with E-state index >= 15 is 0 Å². The van der Waals surface area contributed by atoms with Crippen molar-refractivity contribution in [1.82, 2.24) is 0 Å². The number of carbonyl (C=O) groups is 1. The zero-order valence-corrected chi connectivity index (χ0v) is 10.8. The predicted octanol–water partition coefficient (Wildman–Crippen LogP) is 3.71.